The van der Waals surface area contributed by atoms with E-state index in [0.717, 1.165) is 14.3 Å². The highest BCUT2D eigenvalue weighted by atomic mass is 127. The minimum atomic E-state index is -0.541. The first-order valence-corrected chi connectivity index (χ1v) is 12.5. The minimum Gasteiger partial charge on any atom is -0.493 e. The number of anilines is 1. The van der Waals surface area contributed by atoms with Gasteiger partial charge in [0.25, 0.3) is 5.91 Å². The first-order chi connectivity index (χ1) is 17.4. The molecule has 0 aromatic heterocycles. The molecule has 8 heteroatoms. The van der Waals surface area contributed by atoms with Crippen LogP contribution in [0.4, 0.5) is 5.69 Å². The van der Waals surface area contributed by atoms with Crippen molar-refractivity contribution in [2.45, 2.75) is 0 Å². The highest BCUT2D eigenvalue weighted by Crippen LogP contribution is 2.38. The molecule has 36 heavy (non-hydrogen) atoms. The quantitative estimate of drug-likeness (QED) is 0.0798. The molecule has 0 aliphatic heterocycles. The van der Waals surface area contributed by atoms with Crippen LogP contribution in [0, 0.1) is 14.9 Å². The number of methoxy groups -OCH3 is 1. The van der Waals surface area contributed by atoms with Gasteiger partial charge < -0.3 is 14.8 Å². The SMILES string of the molecule is COc1cc(/C=C(\C#N)C(=O)Nc2cccc(I)c2)cc(Br)c1OC(=O)c1cccc2ccccc12. The Hall–Kier alpha value is -3.68. The summed E-state index contributed by atoms with van der Waals surface area (Å²) in [5, 5.41) is 14.0. The van der Waals surface area contributed by atoms with E-state index >= 15 is 0 Å². The van der Waals surface area contributed by atoms with Crippen molar-refractivity contribution >= 4 is 72.9 Å². The smallest absolute Gasteiger partial charge is 0.344 e. The Bertz CT molecular complexity index is 1550. The molecule has 0 bridgehead atoms. The van der Waals surface area contributed by atoms with Gasteiger partial charge in [0.1, 0.15) is 11.6 Å². The molecule has 4 aromatic rings. The maximum atomic E-state index is 13.0. The minimum absolute atomic E-state index is 0.0942. The second kappa shape index (κ2) is 11.4. The molecule has 1 N–H and O–H groups in total. The van der Waals surface area contributed by atoms with Crippen molar-refractivity contribution in [3.05, 3.63) is 104 Å². The molecule has 0 radical (unpaired) electrons. The Morgan fingerprint density at radius 1 is 1.03 bits per heavy atom. The zero-order valence-electron chi connectivity index (χ0n) is 18.9. The number of carbonyl (C=O) groups is 2. The van der Waals surface area contributed by atoms with E-state index in [1.54, 1.807) is 36.4 Å². The molecule has 4 rings (SSSR count). The molecule has 0 saturated heterocycles. The average Bonchev–Trinajstić information content (AvgIpc) is 2.88. The van der Waals surface area contributed by atoms with E-state index < -0.39 is 11.9 Å². The molecule has 0 spiro atoms. The Kier molecular flexibility index (Phi) is 8.03. The molecule has 0 aliphatic carbocycles. The standard InChI is InChI=1S/C28H18BrIN2O4/c1-35-25-14-17(12-19(16-31)27(33)32-21-9-5-8-20(30)15-21)13-24(29)26(25)36-28(34)23-11-4-7-18-6-2-3-10-22(18)23/h2-15H,1H3,(H,32,33)/b19-12+. The van der Waals surface area contributed by atoms with Gasteiger partial charge in [-0.2, -0.15) is 5.26 Å². The summed E-state index contributed by atoms with van der Waals surface area (Å²) < 4.78 is 12.5. The summed E-state index contributed by atoms with van der Waals surface area (Å²) in [6.07, 6.45) is 1.44. The van der Waals surface area contributed by atoms with Crippen LogP contribution in [-0.4, -0.2) is 19.0 Å². The number of nitrogens with zero attached hydrogens (tertiary/aromatic N) is 1. The van der Waals surface area contributed by atoms with Gasteiger partial charge in [-0.1, -0.05) is 42.5 Å². The second-order valence-electron chi connectivity index (χ2n) is 7.58. The van der Waals surface area contributed by atoms with Gasteiger partial charge in [-0.05, 0) is 97.3 Å². The van der Waals surface area contributed by atoms with Crippen LogP contribution >= 0.6 is 38.5 Å². The number of carbonyl (C=O) groups excluding carboxylic acids is 2. The Labute approximate surface area is 229 Å². The van der Waals surface area contributed by atoms with E-state index in [0.29, 0.717) is 21.3 Å². The molecular weight excluding hydrogens is 635 g/mol. The third kappa shape index (κ3) is 5.75. The summed E-state index contributed by atoms with van der Waals surface area (Å²) in [4.78, 5) is 25.7. The summed E-state index contributed by atoms with van der Waals surface area (Å²) in [6, 6.07) is 25.4. The predicted octanol–water partition coefficient (Wildman–Crippen LogP) is 6.98. The maximum Gasteiger partial charge on any atom is 0.344 e. The number of esters is 1. The number of ether oxygens (including phenoxy) is 2. The van der Waals surface area contributed by atoms with Crippen LogP contribution in [-0.2, 0) is 4.79 Å². The van der Waals surface area contributed by atoms with E-state index in [-0.39, 0.29) is 17.1 Å². The van der Waals surface area contributed by atoms with Crippen LogP contribution in [0.15, 0.2) is 88.9 Å². The van der Waals surface area contributed by atoms with Crippen LogP contribution in [0.1, 0.15) is 15.9 Å². The average molecular weight is 653 g/mol. The molecule has 0 fully saturated rings. The number of nitrogens with one attached hydrogen (secondary N) is 1. The van der Waals surface area contributed by atoms with E-state index in [4.69, 9.17) is 9.47 Å². The Morgan fingerprint density at radius 2 is 1.78 bits per heavy atom. The van der Waals surface area contributed by atoms with E-state index in [1.165, 1.54) is 13.2 Å². The monoisotopic (exact) mass is 652 g/mol. The van der Waals surface area contributed by atoms with Crippen LogP contribution < -0.4 is 14.8 Å². The molecule has 0 heterocycles. The van der Waals surface area contributed by atoms with Crippen molar-refractivity contribution in [2.75, 3.05) is 12.4 Å². The summed E-state index contributed by atoms with van der Waals surface area (Å²) in [5.74, 6) is -0.626. The van der Waals surface area contributed by atoms with Crippen molar-refractivity contribution in [1.82, 2.24) is 0 Å². The first kappa shape index (κ1) is 25.4. The number of hydrogen-bond donors (Lipinski definition) is 1. The van der Waals surface area contributed by atoms with Crippen LogP contribution in [0.2, 0.25) is 0 Å². The van der Waals surface area contributed by atoms with Gasteiger partial charge in [-0.3, -0.25) is 4.79 Å². The van der Waals surface area contributed by atoms with E-state index in [9.17, 15) is 14.9 Å². The number of fused-ring (bicyclic) bond motifs is 1. The van der Waals surface area contributed by atoms with Gasteiger partial charge in [0.05, 0.1) is 17.1 Å². The summed E-state index contributed by atoms with van der Waals surface area (Å²) in [5.41, 5.74) is 1.42. The fraction of sp³-hybridized carbons (Fsp3) is 0.0357. The first-order valence-electron chi connectivity index (χ1n) is 10.7. The molecule has 1 amide bonds. The third-order valence-corrected chi connectivity index (χ3v) is 6.47. The molecule has 0 aliphatic rings. The van der Waals surface area contributed by atoms with E-state index in [1.807, 2.05) is 48.5 Å². The number of nitriles is 1. The zero-order chi connectivity index (χ0) is 25.7. The summed E-state index contributed by atoms with van der Waals surface area (Å²) in [6.45, 7) is 0. The Balaban J connectivity index is 1.61. The van der Waals surface area contributed by atoms with Gasteiger partial charge in [-0.25, -0.2) is 4.79 Å². The molecule has 0 atom stereocenters. The van der Waals surface area contributed by atoms with E-state index in [2.05, 4.69) is 43.8 Å². The normalized spacial score (nSPS) is 11.0. The molecular formula is C28H18BrIN2O4. The predicted molar refractivity (Wildman–Crippen MR) is 151 cm³/mol. The number of halogens is 2. The van der Waals surface area contributed by atoms with Crippen molar-refractivity contribution < 1.29 is 19.1 Å². The fourth-order valence-electron chi connectivity index (χ4n) is 3.55. The number of rotatable bonds is 6. The lowest BCUT2D eigenvalue weighted by Crippen LogP contribution is -2.13. The number of hydrogen-bond acceptors (Lipinski definition) is 5. The second-order valence-corrected chi connectivity index (χ2v) is 9.68. The summed E-state index contributed by atoms with van der Waals surface area (Å²) in [7, 11) is 1.44. The zero-order valence-corrected chi connectivity index (χ0v) is 22.7. The van der Waals surface area contributed by atoms with Crippen molar-refractivity contribution in [3.8, 4) is 17.6 Å². The summed E-state index contributed by atoms with van der Waals surface area (Å²) >= 11 is 5.57. The lowest BCUT2D eigenvalue weighted by atomic mass is 10.0. The molecule has 178 valence electrons. The lowest BCUT2D eigenvalue weighted by Gasteiger charge is -2.13. The third-order valence-electron chi connectivity index (χ3n) is 5.21. The fourth-order valence-corrected chi connectivity index (χ4v) is 4.64. The topological polar surface area (TPSA) is 88.4 Å². The van der Waals surface area contributed by atoms with Gasteiger partial charge in [0, 0.05) is 9.26 Å². The molecule has 4 aromatic carbocycles. The van der Waals surface area contributed by atoms with Crippen LogP contribution in [0.5, 0.6) is 11.5 Å². The van der Waals surface area contributed by atoms with Crippen LogP contribution in [0.3, 0.4) is 0 Å². The maximum absolute atomic E-state index is 13.0. The van der Waals surface area contributed by atoms with Crippen molar-refractivity contribution in [2.24, 2.45) is 0 Å². The van der Waals surface area contributed by atoms with Crippen LogP contribution in [0.25, 0.3) is 16.8 Å². The number of amides is 1. The lowest BCUT2D eigenvalue weighted by molar-refractivity contribution is -0.112. The largest absolute Gasteiger partial charge is 0.493 e. The molecule has 0 saturated carbocycles. The van der Waals surface area contributed by atoms with Crippen molar-refractivity contribution in [1.29, 1.82) is 5.26 Å². The van der Waals surface area contributed by atoms with Gasteiger partial charge >= 0.3 is 5.97 Å². The molecule has 6 nitrogen and oxygen atoms in total. The number of benzene rings is 4. The molecule has 0 unspecified atom stereocenters. The van der Waals surface area contributed by atoms with Gasteiger partial charge in [0.2, 0.25) is 0 Å². The van der Waals surface area contributed by atoms with Gasteiger partial charge in [0.15, 0.2) is 11.5 Å². The highest BCUT2D eigenvalue weighted by molar-refractivity contribution is 14.1. The van der Waals surface area contributed by atoms with Crippen molar-refractivity contribution in [3.63, 3.8) is 0 Å². The Morgan fingerprint density at radius 3 is 2.53 bits per heavy atom. The van der Waals surface area contributed by atoms with Gasteiger partial charge in [-0.15, -0.1) is 0 Å². The highest BCUT2D eigenvalue weighted by Gasteiger charge is 2.19.